The largest absolute Gasteiger partial charge is 0.372 e. The second-order valence-electron chi connectivity index (χ2n) is 8.30. The summed E-state index contributed by atoms with van der Waals surface area (Å²) in [6, 6.07) is 8.52. The number of aromatic nitrogens is 1. The normalized spacial score (nSPS) is 17.2. The molecule has 1 aliphatic carbocycles. The SMILES string of the molecule is [2H]C([2H])(c1cc(-c2ccc(C(=O)OO)cc2)ncc1[Si](C)(C)C)C1CCCCC1. The number of pyridine rings is 1. The molecule has 2 aromatic rings. The van der Waals surface area contributed by atoms with Crippen LogP contribution in [0.25, 0.3) is 11.3 Å². The number of hydrogen-bond donors (Lipinski definition) is 1. The van der Waals surface area contributed by atoms with E-state index in [9.17, 15) is 4.79 Å². The third kappa shape index (κ3) is 4.85. The van der Waals surface area contributed by atoms with Crippen molar-refractivity contribution in [2.75, 3.05) is 0 Å². The molecule has 144 valence electrons. The molecule has 1 fully saturated rings. The van der Waals surface area contributed by atoms with E-state index in [-0.39, 0.29) is 11.5 Å². The van der Waals surface area contributed by atoms with Gasteiger partial charge in [0.05, 0.1) is 19.3 Å². The molecule has 0 atom stereocenters. The van der Waals surface area contributed by atoms with E-state index >= 15 is 0 Å². The molecule has 5 heteroatoms. The maximum atomic E-state index is 11.4. The number of rotatable bonds is 5. The Morgan fingerprint density at radius 1 is 1.22 bits per heavy atom. The maximum Gasteiger partial charge on any atom is 0.372 e. The maximum absolute atomic E-state index is 11.4. The number of nitrogens with zero attached hydrogens (tertiary/aromatic N) is 1. The highest BCUT2D eigenvalue weighted by molar-refractivity contribution is 6.89. The van der Waals surface area contributed by atoms with Crippen LogP contribution in [-0.2, 0) is 11.3 Å². The monoisotopic (exact) mass is 385 g/mol. The Bertz CT molecular complexity index is 873. The first-order chi connectivity index (χ1) is 13.6. The van der Waals surface area contributed by atoms with Crippen molar-refractivity contribution < 1.29 is 17.7 Å². The number of carbonyl (C=O) groups excluding carboxylic acids is 1. The van der Waals surface area contributed by atoms with E-state index < -0.39 is 20.4 Å². The van der Waals surface area contributed by atoms with Gasteiger partial charge in [0, 0.05) is 14.5 Å². The van der Waals surface area contributed by atoms with Crippen molar-refractivity contribution in [2.45, 2.75) is 58.1 Å². The van der Waals surface area contributed by atoms with Gasteiger partial charge in [0.1, 0.15) is 0 Å². The third-order valence-electron chi connectivity index (χ3n) is 5.18. The molecule has 0 radical (unpaired) electrons. The van der Waals surface area contributed by atoms with Crippen LogP contribution in [0.3, 0.4) is 0 Å². The summed E-state index contributed by atoms with van der Waals surface area (Å²) in [7, 11) is -1.80. The van der Waals surface area contributed by atoms with Gasteiger partial charge in [-0.15, -0.1) is 0 Å². The average Bonchev–Trinajstić information content (AvgIpc) is 2.73. The smallest absolute Gasteiger partial charge is 0.296 e. The second-order valence-corrected chi connectivity index (χ2v) is 13.3. The van der Waals surface area contributed by atoms with Crippen molar-refractivity contribution in [1.29, 1.82) is 0 Å². The Kier molecular flexibility index (Phi) is 5.31. The summed E-state index contributed by atoms with van der Waals surface area (Å²) in [4.78, 5) is 19.8. The van der Waals surface area contributed by atoms with Crippen molar-refractivity contribution in [3.05, 3.63) is 47.7 Å². The lowest BCUT2D eigenvalue weighted by molar-refractivity contribution is -0.182. The molecule has 1 aromatic carbocycles. The lowest BCUT2D eigenvalue weighted by Gasteiger charge is -2.26. The topological polar surface area (TPSA) is 59.4 Å². The van der Waals surface area contributed by atoms with E-state index in [1.807, 2.05) is 12.3 Å². The van der Waals surface area contributed by atoms with Gasteiger partial charge < -0.3 is 0 Å². The van der Waals surface area contributed by atoms with Crippen LogP contribution >= 0.6 is 0 Å². The lowest BCUT2D eigenvalue weighted by Crippen LogP contribution is -2.41. The van der Waals surface area contributed by atoms with Crippen LogP contribution in [0, 0.1) is 5.92 Å². The van der Waals surface area contributed by atoms with Gasteiger partial charge in [0.15, 0.2) is 0 Å². The predicted octanol–water partition coefficient (Wildman–Crippen LogP) is 5.05. The summed E-state index contributed by atoms with van der Waals surface area (Å²) in [5, 5.41) is 9.60. The summed E-state index contributed by atoms with van der Waals surface area (Å²) in [5.41, 5.74) is 2.49. The molecule has 1 aliphatic rings. The van der Waals surface area contributed by atoms with Gasteiger partial charge >= 0.3 is 5.97 Å². The van der Waals surface area contributed by atoms with E-state index in [1.165, 1.54) is 6.42 Å². The van der Waals surface area contributed by atoms with Gasteiger partial charge in [0.25, 0.3) is 0 Å². The second kappa shape index (κ2) is 8.36. The average molecular weight is 386 g/mol. The standard InChI is InChI=1S/C22H29NO3Si/c1-27(2,3)21-15-23-20(14-19(21)13-16-7-5-4-6-8-16)17-9-11-18(12-10-17)22(24)26-25/h9-12,14-16,25H,4-8,13H2,1-3H3/i13D2. The Balaban J connectivity index is 2.05. The zero-order chi connectivity index (χ0) is 21.2. The van der Waals surface area contributed by atoms with Crippen molar-refractivity contribution in [3.8, 4) is 11.3 Å². The molecule has 0 aliphatic heterocycles. The molecule has 1 aromatic heterocycles. The molecule has 0 spiro atoms. The van der Waals surface area contributed by atoms with Crippen LogP contribution in [0.1, 0.15) is 50.8 Å². The summed E-state index contributed by atoms with van der Waals surface area (Å²) < 4.78 is 18.1. The molecular weight excluding hydrogens is 354 g/mol. The molecule has 0 saturated heterocycles. The van der Waals surface area contributed by atoms with Crippen LogP contribution < -0.4 is 5.19 Å². The molecule has 1 N–H and O–H groups in total. The molecule has 4 nitrogen and oxygen atoms in total. The minimum Gasteiger partial charge on any atom is -0.296 e. The van der Waals surface area contributed by atoms with E-state index in [4.69, 9.17) is 8.00 Å². The number of hydrogen-bond acceptors (Lipinski definition) is 4. The van der Waals surface area contributed by atoms with Gasteiger partial charge in [-0.2, -0.15) is 5.26 Å². The first kappa shape index (κ1) is 17.1. The quantitative estimate of drug-likeness (QED) is 0.445. The summed E-state index contributed by atoms with van der Waals surface area (Å²) >= 11 is 0. The van der Waals surface area contributed by atoms with Crippen LogP contribution in [0.2, 0.25) is 19.6 Å². The first-order valence-corrected chi connectivity index (χ1v) is 13.1. The minimum atomic E-state index is -1.80. The Hall–Kier alpha value is -1.98. The van der Waals surface area contributed by atoms with Crippen LogP contribution in [-0.4, -0.2) is 24.3 Å². The molecule has 0 unspecified atom stereocenters. The van der Waals surface area contributed by atoms with Crippen molar-refractivity contribution in [3.63, 3.8) is 0 Å². The Morgan fingerprint density at radius 3 is 2.48 bits per heavy atom. The summed E-state index contributed by atoms with van der Waals surface area (Å²) in [5.74, 6) is -0.781. The number of benzene rings is 1. The van der Waals surface area contributed by atoms with E-state index in [2.05, 4.69) is 29.5 Å². The zero-order valence-corrected chi connectivity index (χ0v) is 17.3. The molecule has 0 amide bonds. The lowest BCUT2D eigenvalue weighted by atomic mass is 9.85. The van der Waals surface area contributed by atoms with E-state index in [0.29, 0.717) is 5.69 Å². The van der Waals surface area contributed by atoms with Gasteiger partial charge in [-0.25, -0.2) is 4.79 Å². The van der Waals surface area contributed by atoms with Crippen molar-refractivity contribution in [2.24, 2.45) is 5.92 Å². The summed E-state index contributed by atoms with van der Waals surface area (Å²) in [6.45, 7) is 6.66. The van der Waals surface area contributed by atoms with Crippen LogP contribution in [0.4, 0.5) is 0 Å². The Morgan fingerprint density at radius 2 is 1.89 bits per heavy atom. The fourth-order valence-electron chi connectivity index (χ4n) is 3.63. The molecule has 27 heavy (non-hydrogen) atoms. The van der Waals surface area contributed by atoms with Crippen LogP contribution in [0.5, 0.6) is 0 Å². The molecule has 1 heterocycles. The minimum absolute atomic E-state index is 0.0308. The predicted molar refractivity (Wildman–Crippen MR) is 111 cm³/mol. The number of carbonyl (C=O) groups is 1. The zero-order valence-electron chi connectivity index (χ0n) is 18.3. The molecule has 3 rings (SSSR count). The Labute approximate surface area is 165 Å². The first-order valence-electron chi connectivity index (χ1n) is 10.6. The fourth-order valence-corrected chi connectivity index (χ4v) is 5.03. The highest BCUT2D eigenvalue weighted by atomic mass is 28.3. The highest BCUT2D eigenvalue weighted by Gasteiger charge is 2.24. The molecular formula is C22H29NO3Si. The summed E-state index contributed by atoms with van der Waals surface area (Å²) in [6.07, 6.45) is 5.68. The molecule has 0 bridgehead atoms. The van der Waals surface area contributed by atoms with E-state index in [0.717, 1.165) is 42.0 Å². The van der Waals surface area contributed by atoms with Gasteiger partial charge in [-0.05, 0) is 41.2 Å². The highest BCUT2D eigenvalue weighted by Crippen LogP contribution is 2.28. The van der Waals surface area contributed by atoms with Crippen molar-refractivity contribution >= 4 is 19.2 Å². The van der Waals surface area contributed by atoms with Gasteiger partial charge in [-0.3, -0.25) is 9.87 Å². The molecule has 1 saturated carbocycles. The van der Waals surface area contributed by atoms with Crippen molar-refractivity contribution in [1.82, 2.24) is 4.98 Å². The van der Waals surface area contributed by atoms with E-state index in [1.54, 1.807) is 24.3 Å². The van der Waals surface area contributed by atoms with Gasteiger partial charge in [-0.1, -0.05) is 63.9 Å². The van der Waals surface area contributed by atoms with Crippen LogP contribution in [0.15, 0.2) is 36.5 Å². The van der Waals surface area contributed by atoms with Gasteiger partial charge in [0.2, 0.25) is 0 Å². The third-order valence-corrected chi connectivity index (χ3v) is 7.19. The fraction of sp³-hybridized carbons (Fsp3) is 0.455.